The van der Waals surface area contributed by atoms with Crippen molar-refractivity contribution >= 4 is 15.1 Å². The van der Waals surface area contributed by atoms with Crippen LogP contribution < -0.4 is 4.74 Å². The Morgan fingerprint density at radius 3 is 2.44 bits per heavy atom. The van der Waals surface area contributed by atoms with Crippen LogP contribution in [-0.2, 0) is 6.54 Å². The average molecular weight is 447 g/mol. The first kappa shape index (κ1) is 25.6. The summed E-state index contributed by atoms with van der Waals surface area (Å²) in [6, 6.07) is 16.1. The Balaban J connectivity index is 2.06. The molecule has 0 N–H and O–H groups in total. The first-order chi connectivity index (χ1) is 15.2. The lowest BCUT2D eigenvalue weighted by Gasteiger charge is -2.23. The number of allylic oxidation sites excluding steroid dienone is 1. The van der Waals surface area contributed by atoms with Gasteiger partial charge in [0.15, 0.2) is 0 Å². The van der Waals surface area contributed by atoms with Gasteiger partial charge < -0.3 is 4.74 Å². The van der Waals surface area contributed by atoms with Crippen molar-refractivity contribution in [1.82, 2.24) is 4.90 Å². The maximum Gasteiger partial charge on any atom is 0.150 e. The number of rotatable bonds is 10. The van der Waals surface area contributed by atoms with Crippen molar-refractivity contribution in [2.24, 2.45) is 5.41 Å². The van der Waals surface area contributed by atoms with Crippen LogP contribution in [0.1, 0.15) is 54.9 Å². The van der Waals surface area contributed by atoms with Crippen LogP contribution in [0.25, 0.3) is 0 Å². The number of hydrogen-bond acceptors (Lipinski definition) is 3. The molecule has 2 aromatic carbocycles. The maximum atomic E-state index is 11.0. The number of hydrogen-bond donors (Lipinski definition) is 0. The number of benzene rings is 2. The fourth-order valence-electron chi connectivity index (χ4n) is 3.20. The van der Waals surface area contributed by atoms with E-state index in [0.717, 1.165) is 37.2 Å². The van der Waals surface area contributed by atoms with Crippen molar-refractivity contribution in [1.29, 1.82) is 0 Å². The van der Waals surface area contributed by atoms with Gasteiger partial charge in [-0.2, -0.15) is 0 Å². The van der Waals surface area contributed by atoms with Gasteiger partial charge in [-0.15, -0.1) is 0 Å². The third kappa shape index (κ3) is 8.86. The summed E-state index contributed by atoms with van der Waals surface area (Å²) in [4.78, 5) is 13.3. The second-order valence-corrected chi connectivity index (χ2v) is 11.9. The lowest BCUT2D eigenvalue weighted by Crippen LogP contribution is -2.23. The Labute approximate surface area is 196 Å². The molecule has 0 fully saturated rings. The number of carbonyl (C=O) groups is 1. The predicted octanol–water partition coefficient (Wildman–Crippen LogP) is 6.34. The van der Waals surface area contributed by atoms with Crippen molar-refractivity contribution < 1.29 is 9.53 Å². The Morgan fingerprint density at radius 1 is 1.12 bits per heavy atom. The third-order valence-electron chi connectivity index (χ3n) is 4.92. The van der Waals surface area contributed by atoms with Crippen LogP contribution in [-0.4, -0.2) is 33.1 Å². The summed E-state index contributed by atoms with van der Waals surface area (Å²) in [5, 5.41) is 0. The summed E-state index contributed by atoms with van der Waals surface area (Å²) >= 11 is 0. The van der Waals surface area contributed by atoms with Gasteiger partial charge in [0.25, 0.3) is 0 Å². The van der Waals surface area contributed by atoms with Crippen LogP contribution in [0.15, 0.2) is 60.7 Å². The van der Waals surface area contributed by atoms with Gasteiger partial charge in [0.1, 0.15) is 26.6 Å². The Hall–Kier alpha value is -2.61. The van der Waals surface area contributed by atoms with Gasteiger partial charge in [-0.25, -0.2) is 0 Å². The van der Waals surface area contributed by atoms with Crippen LogP contribution in [0.2, 0.25) is 13.1 Å². The third-order valence-corrected chi connectivity index (χ3v) is 6.42. The average Bonchev–Trinajstić information content (AvgIpc) is 2.76. The molecule has 0 bridgehead atoms. The number of carbonyl (C=O) groups excluding carboxylic acids is 1. The van der Waals surface area contributed by atoms with Crippen LogP contribution in [0, 0.1) is 17.3 Å². The summed E-state index contributed by atoms with van der Waals surface area (Å²) in [6.07, 6.45) is 4.96. The smallest absolute Gasteiger partial charge is 0.150 e. The highest BCUT2D eigenvalue weighted by atomic mass is 28.3. The highest BCUT2D eigenvalue weighted by Crippen LogP contribution is 2.26. The van der Waals surface area contributed by atoms with Crippen molar-refractivity contribution in [2.45, 2.75) is 53.1 Å². The van der Waals surface area contributed by atoms with E-state index in [1.807, 2.05) is 36.4 Å². The van der Waals surface area contributed by atoms with E-state index >= 15 is 0 Å². The Kier molecular flexibility index (Phi) is 9.96. The van der Waals surface area contributed by atoms with Crippen molar-refractivity contribution in [2.75, 3.05) is 13.1 Å². The number of ether oxygens (including phenoxy) is 1. The van der Waals surface area contributed by atoms with Crippen LogP contribution >= 0.6 is 0 Å². The summed E-state index contributed by atoms with van der Waals surface area (Å²) in [5.41, 5.74) is 3.10. The topological polar surface area (TPSA) is 29.5 Å². The lowest BCUT2D eigenvalue weighted by atomic mass is 9.98. The van der Waals surface area contributed by atoms with E-state index in [-0.39, 0.29) is 11.1 Å². The largest absolute Gasteiger partial charge is 0.490 e. The van der Waals surface area contributed by atoms with E-state index in [4.69, 9.17) is 4.74 Å². The maximum absolute atomic E-state index is 11.0. The minimum atomic E-state index is -0.753. The SMILES string of the molecule is CCN(C/C=C/C#CC(C)(C)C)Cc1cccc(OC(c2ccc(C=O)cc2)[Si](C)C)c1. The van der Waals surface area contributed by atoms with Crippen molar-refractivity contribution in [3.8, 4) is 17.6 Å². The number of nitrogens with zero attached hydrogens (tertiary/aromatic N) is 1. The fraction of sp³-hybridized carbons (Fsp3) is 0.393. The van der Waals surface area contributed by atoms with Gasteiger partial charge in [0, 0.05) is 24.1 Å². The minimum absolute atomic E-state index is 0.0295. The van der Waals surface area contributed by atoms with Gasteiger partial charge in [-0.1, -0.05) is 74.3 Å². The molecule has 0 saturated heterocycles. The van der Waals surface area contributed by atoms with Gasteiger partial charge in [0.2, 0.25) is 0 Å². The van der Waals surface area contributed by atoms with Gasteiger partial charge in [-0.3, -0.25) is 9.69 Å². The van der Waals surface area contributed by atoms with Crippen LogP contribution in [0.3, 0.4) is 0 Å². The van der Waals surface area contributed by atoms with E-state index in [1.165, 1.54) is 5.56 Å². The molecule has 3 nitrogen and oxygen atoms in total. The van der Waals surface area contributed by atoms with Crippen LogP contribution in [0.4, 0.5) is 0 Å². The highest BCUT2D eigenvalue weighted by Gasteiger charge is 2.19. The Bertz CT molecular complexity index is 946. The summed E-state index contributed by atoms with van der Waals surface area (Å²) in [7, 11) is -0.753. The standard InChI is InChI=1S/C28H36NO2Si/c1-7-29(19-10-8-9-18-28(2,3)4)21-24-12-11-13-26(20-24)31-27(32(5)6)25-16-14-23(22-30)15-17-25/h8,10-17,20,22,27H,7,19,21H2,1-6H3/b10-8+. The molecular weight excluding hydrogens is 410 g/mol. The van der Waals surface area contributed by atoms with E-state index in [2.05, 4.69) is 81.8 Å². The van der Waals surface area contributed by atoms with E-state index in [0.29, 0.717) is 5.56 Å². The molecule has 0 aliphatic heterocycles. The molecule has 0 aliphatic carbocycles. The predicted molar refractivity (Wildman–Crippen MR) is 136 cm³/mol. The van der Waals surface area contributed by atoms with Gasteiger partial charge in [0.05, 0.1) is 0 Å². The summed E-state index contributed by atoms with van der Waals surface area (Å²) in [5.74, 6) is 7.26. The van der Waals surface area contributed by atoms with Gasteiger partial charge in [-0.05, 0) is 56.7 Å². The normalized spacial score (nSPS) is 12.6. The fourth-order valence-corrected chi connectivity index (χ4v) is 4.44. The zero-order valence-electron chi connectivity index (χ0n) is 20.3. The zero-order valence-corrected chi connectivity index (χ0v) is 21.3. The van der Waals surface area contributed by atoms with E-state index in [9.17, 15) is 4.79 Å². The summed E-state index contributed by atoms with van der Waals surface area (Å²) < 4.78 is 6.44. The molecular formula is C28H36NO2Si. The molecule has 0 aliphatic rings. The van der Waals surface area contributed by atoms with E-state index in [1.54, 1.807) is 0 Å². The lowest BCUT2D eigenvalue weighted by molar-refractivity contribution is 0.112. The van der Waals surface area contributed by atoms with Crippen LogP contribution in [0.5, 0.6) is 5.75 Å². The molecule has 2 rings (SSSR count). The first-order valence-corrected chi connectivity index (χ1v) is 13.8. The Morgan fingerprint density at radius 2 is 1.84 bits per heavy atom. The van der Waals surface area contributed by atoms with Gasteiger partial charge >= 0.3 is 0 Å². The molecule has 1 atom stereocenters. The summed E-state index contributed by atoms with van der Waals surface area (Å²) in [6.45, 7) is 15.7. The highest BCUT2D eigenvalue weighted by molar-refractivity contribution is 6.57. The molecule has 0 saturated carbocycles. The molecule has 1 unspecified atom stereocenters. The zero-order chi connectivity index (χ0) is 23.6. The molecule has 4 heteroatoms. The van der Waals surface area contributed by atoms with Crippen molar-refractivity contribution in [3.05, 3.63) is 77.4 Å². The molecule has 32 heavy (non-hydrogen) atoms. The number of likely N-dealkylation sites (N-methyl/N-ethyl adjacent to an activating group) is 1. The monoisotopic (exact) mass is 446 g/mol. The first-order valence-electron chi connectivity index (χ1n) is 11.2. The van der Waals surface area contributed by atoms with Crippen molar-refractivity contribution in [3.63, 3.8) is 0 Å². The van der Waals surface area contributed by atoms with E-state index < -0.39 is 8.80 Å². The quantitative estimate of drug-likeness (QED) is 0.242. The molecule has 0 amide bonds. The second-order valence-electron chi connectivity index (χ2n) is 9.26. The second kappa shape index (κ2) is 12.4. The molecule has 2 aromatic rings. The molecule has 169 valence electrons. The minimum Gasteiger partial charge on any atom is -0.490 e. The molecule has 0 spiro atoms. The molecule has 1 radical (unpaired) electrons. The molecule has 0 heterocycles. The number of aldehydes is 1. The molecule has 0 aromatic heterocycles.